The van der Waals surface area contributed by atoms with Crippen LogP contribution in [0, 0.1) is 10.1 Å². The van der Waals surface area contributed by atoms with E-state index in [4.69, 9.17) is 4.74 Å². The van der Waals surface area contributed by atoms with Crippen LogP contribution in [0.4, 0.5) is 10.9 Å². The molecule has 0 radical (unpaired) electrons. The van der Waals surface area contributed by atoms with Gasteiger partial charge in [0.2, 0.25) is 5.91 Å². The third-order valence-corrected chi connectivity index (χ3v) is 3.85. The van der Waals surface area contributed by atoms with Gasteiger partial charge in [-0.25, -0.2) is 4.98 Å². The van der Waals surface area contributed by atoms with E-state index in [2.05, 4.69) is 15.4 Å². The van der Waals surface area contributed by atoms with Crippen molar-refractivity contribution in [2.24, 2.45) is 0 Å². The summed E-state index contributed by atoms with van der Waals surface area (Å²) in [6, 6.07) is 1.24. The summed E-state index contributed by atoms with van der Waals surface area (Å²) in [5.41, 5.74) is 0.955. The molecule has 9 nitrogen and oxygen atoms in total. The SMILES string of the molecule is O=C(Cn1ccc([N+](=O)[O-])n1)Nc1nc2c(s1)COCC2. The molecule has 3 rings (SSSR count). The summed E-state index contributed by atoms with van der Waals surface area (Å²) in [5, 5.41) is 17.4. The molecule has 0 unspecified atom stereocenters. The highest BCUT2D eigenvalue weighted by molar-refractivity contribution is 7.15. The Labute approximate surface area is 122 Å². The predicted octanol–water partition coefficient (Wildman–Crippen LogP) is 0.959. The van der Waals surface area contributed by atoms with Crippen molar-refractivity contribution in [1.29, 1.82) is 0 Å². The van der Waals surface area contributed by atoms with Gasteiger partial charge >= 0.3 is 5.82 Å². The largest absolute Gasteiger partial charge is 0.389 e. The first-order chi connectivity index (χ1) is 10.1. The highest BCUT2D eigenvalue weighted by Crippen LogP contribution is 2.26. The number of aromatic nitrogens is 3. The minimum Gasteiger partial charge on any atom is -0.375 e. The van der Waals surface area contributed by atoms with Crippen molar-refractivity contribution in [3.8, 4) is 0 Å². The molecular weight excluding hydrogens is 298 g/mol. The van der Waals surface area contributed by atoms with Crippen molar-refractivity contribution in [1.82, 2.24) is 14.8 Å². The summed E-state index contributed by atoms with van der Waals surface area (Å²) < 4.78 is 6.53. The molecular formula is C11H11N5O4S. The number of nitrogens with zero attached hydrogens (tertiary/aromatic N) is 4. The molecule has 1 aliphatic rings. The zero-order valence-corrected chi connectivity index (χ0v) is 11.6. The summed E-state index contributed by atoms with van der Waals surface area (Å²) in [5.74, 6) is -0.621. The normalized spacial score (nSPS) is 13.7. The number of nitrogens with one attached hydrogen (secondary N) is 1. The monoisotopic (exact) mass is 309 g/mol. The maximum atomic E-state index is 11.9. The van der Waals surface area contributed by atoms with Gasteiger partial charge in [-0.1, -0.05) is 11.3 Å². The average Bonchev–Trinajstić information content (AvgIpc) is 3.04. The second kappa shape index (κ2) is 5.58. The van der Waals surface area contributed by atoms with E-state index in [1.807, 2.05) is 0 Å². The van der Waals surface area contributed by atoms with Crippen molar-refractivity contribution in [2.75, 3.05) is 11.9 Å². The molecule has 21 heavy (non-hydrogen) atoms. The number of thiazole rings is 1. The molecule has 0 spiro atoms. The molecule has 1 aliphatic heterocycles. The first-order valence-corrected chi connectivity index (χ1v) is 6.97. The second-order valence-electron chi connectivity index (χ2n) is 4.37. The zero-order valence-electron chi connectivity index (χ0n) is 10.8. The van der Waals surface area contributed by atoms with E-state index in [9.17, 15) is 14.9 Å². The molecule has 1 N–H and O–H groups in total. The molecule has 3 heterocycles. The van der Waals surface area contributed by atoms with E-state index in [0.717, 1.165) is 17.0 Å². The minimum atomic E-state index is -0.608. The third kappa shape index (κ3) is 3.06. The third-order valence-electron chi connectivity index (χ3n) is 2.86. The van der Waals surface area contributed by atoms with Crippen LogP contribution in [0.25, 0.3) is 0 Å². The molecule has 0 aromatic carbocycles. The number of hydrogen-bond acceptors (Lipinski definition) is 7. The smallest absolute Gasteiger partial charge is 0.375 e. The fourth-order valence-electron chi connectivity index (χ4n) is 1.92. The molecule has 0 saturated carbocycles. The number of nitro groups is 1. The summed E-state index contributed by atoms with van der Waals surface area (Å²) in [6.45, 7) is 1.06. The lowest BCUT2D eigenvalue weighted by molar-refractivity contribution is -0.389. The van der Waals surface area contributed by atoms with E-state index in [1.165, 1.54) is 28.3 Å². The van der Waals surface area contributed by atoms with Gasteiger partial charge in [0.15, 0.2) is 5.13 Å². The Morgan fingerprint density at radius 3 is 3.19 bits per heavy atom. The maximum Gasteiger partial charge on any atom is 0.389 e. The number of fused-ring (bicyclic) bond motifs is 1. The van der Waals surface area contributed by atoms with Gasteiger partial charge in [0, 0.05) is 6.42 Å². The Balaban J connectivity index is 1.63. The molecule has 0 saturated heterocycles. The minimum absolute atomic E-state index is 0.103. The quantitative estimate of drug-likeness (QED) is 0.665. The number of ether oxygens (including phenoxy) is 1. The van der Waals surface area contributed by atoms with E-state index >= 15 is 0 Å². The number of carbonyl (C=O) groups excluding carboxylic acids is 1. The van der Waals surface area contributed by atoms with Crippen molar-refractivity contribution in [2.45, 2.75) is 19.6 Å². The van der Waals surface area contributed by atoms with Gasteiger partial charge in [0.25, 0.3) is 0 Å². The van der Waals surface area contributed by atoms with Gasteiger partial charge in [-0.15, -0.1) is 0 Å². The van der Waals surface area contributed by atoms with Crippen LogP contribution in [-0.2, 0) is 29.1 Å². The van der Waals surface area contributed by atoms with Gasteiger partial charge in [-0.05, 0) is 4.92 Å². The molecule has 1 amide bonds. The van der Waals surface area contributed by atoms with Crippen molar-refractivity contribution in [3.05, 3.63) is 32.9 Å². The summed E-state index contributed by atoms with van der Waals surface area (Å²) in [4.78, 5) is 27.1. The second-order valence-corrected chi connectivity index (χ2v) is 5.45. The predicted molar refractivity (Wildman–Crippen MR) is 73.0 cm³/mol. The molecule has 0 atom stereocenters. The fraction of sp³-hybridized carbons (Fsp3) is 0.364. The average molecular weight is 309 g/mol. The van der Waals surface area contributed by atoms with Crippen LogP contribution in [0.3, 0.4) is 0 Å². The van der Waals surface area contributed by atoms with Gasteiger partial charge in [0.05, 0.1) is 41.1 Å². The van der Waals surface area contributed by atoms with Crippen molar-refractivity contribution in [3.63, 3.8) is 0 Å². The fourth-order valence-corrected chi connectivity index (χ4v) is 2.88. The number of carbonyl (C=O) groups is 1. The van der Waals surface area contributed by atoms with E-state index < -0.39 is 4.92 Å². The molecule has 110 valence electrons. The molecule has 0 fully saturated rings. The first kappa shape index (κ1) is 13.6. The van der Waals surface area contributed by atoms with Gasteiger partial charge in [-0.3, -0.25) is 4.79 Å². The van der Waals surface area contributed by atoms with Gasteiger partial charge in [-0.2, -0.15) is 4.68 Å². The summed E-state index contributed by atoms with van der Waals surface area (Å²) in [6.07, 6.45) is 2.13. The van der Waals surface area contributed by atoms with Crippen LogP contribution in [0.1, 0.15) is 10.6 Å². The number of anilines is 1. The van der Waals surface area contributed by atoms with E-state index in [1.54, 1.807) is 0 Å². The Morgan fingerprint density at radius 2 is 2.48 bits per heavy atom. The highest BCUT2D eigenvalue weighted by atomic mass is 32.1. The lowest BCUT2D eigenvalue weighted by Gasteiger charge is -2.08. The van der Waals surface area contributed by atoms with Crippen LogP contribution in [0.5, 0.6) is 0 Å². The molecule has 2 aromatic heterocycles. The Kier molecular flexibility index (Phi) is 3.62. The van der Waals surface area contributed by atoms with Crippen molar-refractivity contribution < 1.29 is 14.5 Å². The lowest BCUT2D eigenvalue weighted by Crippen LogP contribution is -2.19. The Morgan fingerprint density at radius 1 is 1.62 bits per heavy atom. The van der Waals surface area contributed by atoms with E-state index in [0.29, 0.717) is 18.3 Å². The Bertz CT molecular complexity index is 671. The van der Waals surface area contributed by atoms with Gasteiger partial charge < -0.3 is 20.2 Å². The first-order valence-electron chi connectivity index (χ1n) is 6.16. The summed E-state index contributed by atoms with van der Waals surface area (Å²) >= 11 is 1.38. The standard InChI is InChI=1S/C11H11N5O4S/c17-10(5-15-3-1-9(14-15)16(18)19)13-11-12-7-2-4-20-6-8(7)21-11/h1,3H,2,4-6H2,(H,12,13,17). The van der Waals surface area contributed by atoms with Crippen LogP contribution >= 0.6 is 11.3 Å². The van der Waals surface area contributed by atoms with Crippen LogP contribution in [0.15, 0.2) is 12.3 Å². The lowest BCUT2D eigenvalue weighted by atomic mass is 10.2. The molecule has 10 heteroatoms. The van der Waals surface area contributed by atoms with Crippen molar-refractivity contribution >= 4 is 28.2 Å². The van der Waals surface area contributed by atoms with Crippen LogP contribution in [-0.4, -0.2) is 32.2 Å². The van der Waals surface area contributed by atoms with Crippen LogP contribution < -0.4 is 5.32 Å². The summed E-state index contributed by atoms with van der Waals surface area (Å²) in [7, 11) is 0. The topological polar surface area (TPSA) is 112 Å². The zero-order chi connectivity index (χ0) is 14.8. The van der Waals surface area contributed by atoms with Gasteiger partial charge in [0.1, 0.15) is 6.54 Å². The molecule has 2 aromatic rings. The van der Waals surface area contributed by atoms with Crippen LogP contribution in [0.2, 0.25) is 0 Å². The Hall–Kier alpha value is -2.33. The number of rotatable bonds is 4. The highest BCUT2D eigenvalue weighted by Gasteiger charge is 2.18. The maximum absolute atomic E-state index is 11.9. The molecule has 0 bridgehead atoms. The molecule has 0 aliphatic carbocycles. The van der Waals surface area contributed by atoms with E-state index in [-0.39, 0.29) is 18.3 Å². The number of amides is 1. The number of hydrogen-bond donors (Lipinski definition) is 1.